The highest BCUT2D eigenvalue weighted by atomic mass is 127. The molecule has 19 heavy (non-hydrogen) atoms. The first-order valence-corrected chi connectivity index (χ1v) is 5.74. The Morgan fingerprint density at radius 3 is 2.11 bits per heavy atom. The SMILES string of the molecule is CN(C)C(=NCC(=O)Nc1ccccc1)N(C)C.I. The summed E-state index contributed by atoms with van der Waals surface area (Å²) in [7, 11) is 7.59. The van der Waals surface area contributed by atoms with Crippen molar-refractivity contribution in [3.63, 3.8) is 0 Å². The highest BCUT2D eigenvalue weighted by molar-refractivity contribution is 14.0. The number of hydrogen-bond acceptors (Lipinski definition) is 2. The summed E-state index contributed by atoms with van der Waals surface area (Å²) in [6.45, 7) is 0.112. The van der Waals surface area contributed by atoms with Crippen LogP contribution in [0.25, 0.3) is 0 Å². The summed E-state index contributed by atoms with van der Waals surface area (Å²) in [5.74, 6) is 0.639. The van der Waals surface area contributed by atoms with Crippen LogP contribution in [-0.2, 0) is 4.79 Å². The molecule has 0 saturated carbocycles. The maximum Gasteiger partial charge on any atom is 0.246 e. The molecule has 0 bridgehead atoms. The smallest absolute Gasteiger partial charge is 0.246 e. The van der Waals surface area contributed by atoms with E-state index >= 15 is 0 Å². The van der Waals surface area contributed by atoms with E-state index in [2.05, 4.69) is 10.3 Å². The van der Waals surface area contributed by atoms with Crippen molar-refractivity contribution in [3.05, 3.63) is 30.3 Å². The average molecular weight is 376 g/mol. The van der Waals surface area contributed by atoms with Crippen LogP contribution in [0.15, 0.2) is 35.3 Å². The minimum atomic E-state index is -0.123. The Kier molecular flexibility index (Phi) is 8.13. The number of carbonyl (C=O) groups is 1. The lowest BCUT2D eigenvalue weighted by molar-refractivity contribution is -0.114. The Bertz CT molecular complexity index is 408. The van der Waals surface area contributed by atoms with E-state index in [1.54, 1.807) is 0 Å². The second-order valence-electron chi connectivity index (χ2n) is 4.32. The van der Waals surface area contributed by atoms with Crippen molar-refractivity contribution in [3.8, 4) is 0 Å². The first-order chi connectivity index (χ1) is 8.50. The van der Waals surface area contributed by atoms with E-state index in [1.807, 2.05) is 68.3 Å². The van der Waals surface area contributed by atoms with Gasteiger partial charge in [0.25, 0.3) is 0 Å². The van der Waals surface area contributed by atoms with Crippen LogP contribution >= 0.6 is 24.0 Å². The molecular weight excluding hydrogens is 355 g/mol. The van der Waals surface area contributed by atoms with E-state index in [4.69, 9.17) is 0 Å². The second-order valence-corrected chi connectivity index (χ2v) is 4.32. The number of amides is 1. The van der Waals surface area contributed by atoms with Gasteiger partial charge in [0.05, 0.1) is 0 Å². The van der Waals surface area contributed by atoms with Crippen molar-refractivity contribution >= 4 is 41.5 Å². The van der Waals surface area contributed by atoms with Crippen molar-refractivity contribution in [2.45, 2.75) is 0 Å². The Labute approximate surface area is 131 Å². The van der Waals surface area contributed by atoms with Crippen molar-refractivity contribution in [2.75, 3.05) is 40.1 Å². The molecule has 0 aliphatic carbocycles. The van der Waals surface area contributed by atoms with Crippen molar-refractivity contribution in [2.24, 2.45) is 4.99 Å². The van der Waals surface area contributed by atoms with Crippen LogP contribution in [-0.4, -0.2) is 56.4 Å². The number of benzene rings is 1. The van der Waals surface area contributed by atoms with Gasteiger partial charge < -0.3 is 15.1 Å². The Morgan fingerprint density at radius 2 is 1.63 bits per heavy atom. The molecule has 1 N–H and O–H groups in total. The number of halogens is 1. The molecule has 1 rings (SSSR count). The Balaban J connectivity index is 0.00000324. The van der Waals surface area contributed by atoms with E-state index in [-0.39, 0.29) is 36.4 Å². The normalized spacial score (nSPS) is 9.05. The number of para-hydroxylation sites is 1. The molecule has 1 aromatic carbocycles. The zero-order valence-electron chi connectivity index (χ0n) is 11.8. The van der Waals surface area contributed by atoms with Gasteiger partial charge in [-0.15, -0.1) is 24.0 Å². The molecule has 0 unspecified atom stereocenters. The first-order valence-electron chi connectivity index (χ1n) is 5.74. The van der Waals surface area contributed by atoms with E-state index in [9.17, 15) is 4.79 Å². The van der Waals surface area contributed by atoms with Crippen LogP contribution in [0.5, 0.6) is 0 Å². The van der Waals surface area contributed by atoms with Gasteiger partial charge in [-0.3, -0.25) is 4.79 Å². The largest absolute Gasteiger partial charge is 0.349 e. The standard InChI is InChI=1S/C13H20N4O.HI/c1-16(2)13(17(3)4)14-10-12(18)15-11-8-6-5-7-9-11;/h5-9H,10H2,1-4H3,(H,15,18);1H. The quantitative estimate of drug-likeness (QED) is 0.497. The van der Waals surface area contributed by atoms with Gasteiger partial charge in [-0.25, -0.2) is 4.99 Å². The summed E-state index contributed by atoms with van der Waals surface area (Å²) < 4.78 is 0. The minimum absolute atomic E-state index is 0. The third-order valence-corrected chi connectivity index (χ3v) is 2.22. The summed E-state index contributed by atoms with van der Waals surface area (Å²) in [5, 5.41) is 2.79. The van der Waals surface area contributed by atoms with Gasteiger partial charge in [-0.1, -0.05) is 18.2 Å². The second kappa shape index (κ2) is 8.73. The molecular formula is C13H21IN4O. The molecule has 0 spiro atoms. The summed E-state index contributed by atoms with van der Waals surface area (Å²) in [5.41, 5.74) is 0.786. The number of guanidine groups is 1. The summed E-state index contributed by atoms with van der Waals surface area (Å²) >= 11 is 0. The monoisotopic (exact) mass is 376 g/mol. The molecule has 6 heteroatoms. The molecule has 0 radical (unpaired) electrons. The molecule has 0 fully saturated rings. The van der Waals surface area contributed by atoms with E-state index < -0.39 is 0 Å². The predicted octanol–water partition coefficient (Wildman–Crippen LogP) is 1.72. The lowest BCUT2D eigenvalue weighted by atomic mass is 10.3. The van der Waals surface area contributed by atoms with E-state index in [0.717, 1.165) is 11.6 Å². The molecule has 0 atom stereocenters. The average Bonchev–Trinajstić information content (AvgIpc) is 2.29. The molecule has 1 amide bonds. The third kappa shape index (κ3) is 6.42. The molecule has 0 saturated heterocycles. The van der Waals surface area contributed by atoms with Gasteiger partial charge in [0, 0.05) is 33.9 Å². The lowest BCUT2D eigenvalue weighted by Gasteiger charge is -2.22. The highest BCUT2D eigenvalue weighted by Gasteiger charge is 2.06. The molecule has 5 nitrogen and oxygen atoms in total. The number of hydrogen-bond donors (Lipinski definition) is 1. The van der Waals surface area contributed by atoms with Gasteiger partial charge in [0.1, 0.15) is 6.54 Å². The number of rotatable bonds is 3. The van der Waals surface area contributed by atoms with Crippen LogP contribution in [0.3, 0.4) is 0 Å². The number of anilines is 1. The van der Waals surface area contributed by atoms with Crippen molar-refractivity contribution in [1.29, 1.82) is 0 Å². The van der Waals surface area contributed by atoms with Crippen LogP contribution in [0.1, 0.15) is 0 Å². The van der Waals surface area contributed by atoms with Gasteiger partial charge in [0.2, 0.25) is 5.91 Å². The van der Waals surface area contributed by atoms with Gasteiger partial charge in [-0.2, -0.15) is 0 Å². The third-order valence-electron chi connectivity index (χ3n) is 2.22. The van der Waals surface area contributed by atoms with Crippen molar-refractivity contribution < 1.29 is 4.79 Å². The fraction of sp³-hybridized carbons (Fsp3) is 0.385. The highest BCUT2D eigenvalue weighted by Crippen LogP contribution is 2.04. The number of nitrogens with zero attached hydrogens (tertiary/aromatic N) is 3. The van der Waals surface area contributed by atoms with Crippen LogP contribution in [0.4, 0.5) is 5.69 Å². The predicted molar refractivity (Wildman–Crippen MR) is 90.2 cm³/mol. The zero-order chi connectivity index (χ0) is 13.5. The number of aliphatic imine (C=N–C) groups is 1. The molecule has 0 aliphatic heterocycles. The van der Waals surface area contributed by atoms with E-state index in [0.29, 0.717) is 0 Å². The van der Waals surface area contributed by atoms with Crippen LogP contribution in [0.2, 0.25) is 0 Å². The maximum atomic E-state index is 11.7. The zero-order valence-corrected chi connectivity index (χ0v) is 14.1. The summed E-state index contributed by atoms with van der Waals surface area (Å²) in [6, 6.07) is 9.36. The van der Waals surface area contributed by atoms with E-state index in [1.165, 1.54) is 0 Å². The maximum absolute atomic E-state index is 11.7. The minimum Gasteiger partial charge on any atom is -0.349 e. The van der Waals surface area contributed by atoms with Gasteiger partial charge >= 0.3 is 0 Å². The summed E-state index contributed by atoms with van der Waals surface area (Å²) in [6.07, 6.45) is 0. The first kappa shape index (κ1) is 17.7. The number of carbonyl (C=O) groups excluding carboxylic acids is 1. The molecule has 1 aromatic rings. The fourth-order valence-electron chi connectivity index (χ4n) is 1.55. The number of nitrogens with one attached hydrogen (secondary N) is 1. The lowest BCUT2D eigenvalue weighted by Crippen LogP contribution is -2.36. The Hall–Kier alpha value is -1.31. The topological polar surface area (TPSA) is 47.9 Å². The molecule has 0 heterocycles. The fourth-order valence-corrected chi connectivity index (χ4v) is 1.55. The molecule has 0 aromatic heterocycles. The van der Waals surface area contributed by atoms with Crippen LogP contribution < -0.4 is 5.32 Å². The van der Waals surface area contributed by atoms with Crippen LogP contribution in [0, 0.1) is 0 Å². The van der Waals surface area contributed by atoms with Crippen molar-refractivity contribution in [1.82, 2.24) is 9.80 Å². The van der Waals surface area contributed by atoms with Gasteiger partial charge in [0.15, 0.2) is 5.96 Å². The van der Waals surface area contributed by atoms with Gasteiger partial charge in [-0.05, 0) is 12.1 Å². The molecule has 0 aliphatic rings. The molecule has 106 valence electrons. The summed E-state index contributed by atoms with van der Waals surface area (Å²) in [4.78, 5) is 19.7. The Morgan fingerprint density at radius 1 is 1.11 bits per heavy atom.